The number of aryl methyl sites for hydroxylation is 1. The maximum absolute atomic E-state index is 12.4. The minimum Gasteiger partial charge on any atom is -0.325 e. The molecule has 1 aliphatic rings. The summed E-state index contributed by atoms with van der Waals surface area (Å²) >= 11 is 0. The van der Waals surface area contributed by atoms with Gasteiger partial charge in [0.15, 0.2) is 0 Å². The molecule has 0 aliphatic carbocycles. The van der Waals surface area contributed by atoms with Crippen LogP contribution >= 0.6 is 0 Å². The molecule has 6 heteroatoms. The summed E-state index contributed by atoms with van der Waals surface area (Å²) in [5, 5.41) is 5.75. The Balaban J connectivity index is 1.50. The van der Waals surface area contributed by atoms with E-state index >= 15 is 0 Å². The van der Waals surface area contributed by atoms with Crippen LogP contribution in [0.2, 0.25) is 0 Å². The fraction of sp³-hybridized carbons (Fsp3) is 0.391. The summed E-state index contributed by atoms with van der Waals surface area (Å²) in [6, 6.07) is 14.0. The van der Waals surface area contributed by atoms with Gasteiger partial charge in [0.05, 0.1) is 6.54 Å². The van der Waals surface area contributed by atoms with Crippen LogP contribution < -0.4 is 16.4 Å². The molecule has 1 unspecified atom stereocenters. The predicted octanol–water partition coefficient (Wildman–Crippen LogP) is 3.45. The Labute approximate surface area is 172 Å². The molecular weight excluding hydrogens is 364 g/mol. The molecule has 0 aromatic heterocycles. The Morgan fingerprint density at radius 1 is 0.897 bits per heavy atom. The molecule has 2 aromatic carbocycles. The standard InChI is InChI=1S/C23H30N4O2/c1-17-6-8-18(9-7-17)22(24)23(29)26-20-12-10-19(11-13-20)25-21(28)16-27-14-4-2-3-5-15-27/h6-13,22H,2-5,14-16,24H2,1H3,(H,25,28)(H,26,29). The monoisotopic (exact) mass is 394 g/mol. The highest BCUT2D eigenvalue weighted by atomic mass is 16.2. The number of rotatable bonds is 6. The van der Waals surface area contributed by atoms with Crippen molar-refractivity contribution in [3.05, 3.63) is 59.7 Å². The average molecular weight is 395 g/mol. The van der Waals surface area contributed by atoms with Crippen LogP contribution in [0.25, 0.3) is 0 Å². The molecule has 0 radical (unpaired) electrons. The number of carbonyl (C=O) groups excluding carboxylic acids is 2. The van der Waals surface area contributed by atoms with Crippen molar-refractivity contribution in [1.29, 1.82) is 0 Å². The van der Waals surface area contributed by atoms with Gasteiger partial charge in [-0.25, -0.2) is 0 Å². The summed E-state index contributed by atoms with van der Waals surface area (Å²) in [6.07, 6.45) is 4.82. The van der Waals surface area contributed by atoms with Gasteiger partial charge in [0.25, 0.3) is 0 Å². The zero-order valence-corrected chi connectivity index (χ0v) is 17.0. The van der Waals surface area contributed by atoms with Crippen LogP contribution in [-0.2, 0) is 9.59 Å². The van der Waals surface area contributed by atoms with Crippen LogP contribution in [0.15, 0.2) is 48.5 Å². The van der Waals surface area contributed by atoms with E-state index in [-0.39, 0.29) is 11.8 Å². The van der Waals surface area contributed by atoms with Gasteiger partial charge in [0, 0.05) is 11.4 Å². The highest BCUT2D eigenvalue weighted by Crippen LogP contribution is 2.17. The smallest absolute Gasteiger partial charge is 0.245 e. The molecule has 1 saturated heterocycles. The lowest BCUT2D eigenvalue weighted by Gasteiger charge is -2.19. The summed E-state index contributed by atoms with van der Waals surface area (Å²) in [5.74, 6) is -0.281. The average Bonchev–Trinajstić information content (AvgIpc) is 2.98. The molecule has 1 heterocycles. The van der Waals surface area contributed by atoms with E-state index in [1.54, 1.807) is 24.3 Å². The molecule has 4 N–H and O–H groups in total. The molecule has 0 saturated carbocycles. The lowest BCUT2D eigenvalue weighted by Crippen LogP contribution is -2.33. The quantitative estimate of drug-likeness (QED) is 0.700. The van der Waals surface area contributed by atoms with Crippen LogP contribution in [0.1, 0.15) is 42.9 Å². The number of likely N-dealkylation sites (tertiary alicyclic amines) is 1. The van der Waals surface area contributed by atoms with Gasteiger partial charge in [-0.2, -0.15) is 0 Å². The lowest BCUT2D eigenvalue weighted by molar-refractivity contribution is -0.118. The zero-order valence-electron chi connectivity index (χ0n) is 17.0. The molecular formula is C23H30N4O2. The normalized spacial score (nSPS) is 15.9. The molecule has 0 spiro atoms. The van der Waals surface area contributed by atoms with Crippen molar-refractivity contribution in [2.45, 2.75) is 38.6 Å². The summed E-state index contributed by atoms with van der Waals surface area (Å²) in [6.45, 7) is 4.38. The maximum atomic E-state index is 12.4. The third-order valence-electron chi connectivity index (χ3n) is 5.22. The molecule has 3 rings (SSSR count). The van der Waals surface area contributed by atoms with Gasteiger partial charge in [-0.3, -0.25) is 14.5 Å². The number of hydrogen-bond donors (Lipinski definition) is 3. The van der Waals surface area contributed by atoms with E-state index in [0.717, 1.165) is 37.1 Å². The Morgan fingerprint density at radius 2 is 1.45 bits per heavy atom. The van der Waals surface area contributed by atoms with Gasteiger partial charge in [-0.15, -0.1) is 0 Å². The molecule has 1 atom stereocenters. The summed E-state index contributed by atoms with van der Waals surface area (Å²) < 4.78 is 0. The fourth-order valence-corrected chi connectivity index (χ4v) is 3.48. The summed E-state index contributed by atoms with van der Waals surface area (Å²) in [7, 11) is 0. The minimum absolute atomic E-state index is 0.00919. The number of benzene rings is 2. The number of amides is 2. The largest absolute Gasteiger partial charge is 0.325 e. The number of nitrogens with one attached hydrogen (secondary N) is 2. The lowest BCUT2D eigenvalue weighted by atomic mass is 10.1. The Hall–Kier alpha value is -2.70. The molecule has 154 valence electrons. The van der Waals surface area contributed by atoms with Crippen LogP contribution in [-0.4, -0.2) is 36.3 Å². The molecule has 1 aliphatic heterocycles. The summed E-state index contributed by atoms with van der Waals surface area (Å²) in [4.78, 5) is 26.9. The first-order chi connectivity index (χ1) is 14.0. The number of carbonyl (C=O) groups is 2. The maximum Gasteiger partial charge on any atom is 0.245 e. The molecule has 1 fully saturated rings. The molecule has 29 heavy (non-hydrogen) atoms. The van der Waals surface area contributed by atoms with Gasteiger partial charge in [0.2, 0.25) is 11.8 Å². The van der Waals surface area contributed by atoms with Gasteiger partial charge >= 0.3 is 0 Å². The van der Waals surface area contributed by atoms with Crippen molar-refractivity contribution in [3.63, 3.8) is 0 Å². The third-order valence-corrected chi connectivity index (χ3v) is 5.22. The van der Waals surface area contributed by atoms with E-state index in [4.69, 9.17) is 5.73 Å². The van der Waals surface area contributed by atoms with E-state index in [0.29, 0.717) is 17.9 Å². The van der Waals surface area contributed by atoms with Crippen molar-refractivity contribution in [2.24, 2.45) is 5.73 Å². The van der Waals surface area contributed by atoms with E-state index in [1.807, 2.05) is 31.2 Å². The van der Waals surface area contributed by atoms with Crippen molar-refractivity contribution >= 4 is 23.2 Å². The predicted molar refractivity (Wildman–Crippen MR) is 117 cm³/mol. The first-order valence-corrected chi connectivity index (χ1v) is 10.3. The topological polar surface area (TPSA) is 87.5 Å². The number of nitrogens with two attached hydrogens (primary N) is 1. The Kier molecular flexibility index (Phi) is 7.38. The van der Waals surface area contributed by atoms with Crippen LogP contribution in [0.5, 0.6) is 0 Å². The number of anilines is 2. The summed E-state index contributed by atoms with van der Waals surface area (Å²) in [5.41, 5.74) is 9.30. The van der Waals surface area contributed by atoms with Gasteiger partial charge < -0.3 is 16.4 Å². The minimum atomic E-state index is -0.733. The second-order valence-electron chi connectivity index (χ2n) is 7.69. The van der Waals surface area contributed by atoms with Crippen LogP contribution in [0.3, 0.4) is 0 Å². The van der Waals surface area contributed by atoms with Gasteiger partial charge in [0.1, 0.15) is 6.04 Å². The molecule has 6 nitrogen and oxygen atoms in total. The van der Waals surface area contributed by atoms with E-state index in [2.05, 4.69) is 15.5 Å². The first-order valence-electron chi connectivity index (χ1n) is 10.3. The molecule has 0 bridgehead atoms. The van der Waals surface area contributed by atoms with Gasteiger partial charge in [-0.1, -0.05) is 42.7 Å². The Bertz CT molecular complexity index is 810. The van der Waals surface area contributed by atoms with Gasteiger partial charge in [-0.05, 0) is 62.7 Å². The van der Waals surface area contributed by atoms with E-state index in [1.165, 1.54) is 12.8 Å². The SMILES string of the molecule is Cc1ccc(C(N)C(=O)Nc2ccc(NC(=O)CN3CCCCCC3)cc2)cc1. The van der Waals surface area contributed by atoms with E-state index in [9.17, 15) is 9.59 Å². The number of hydrogen-bond acceptors (Lipinski definition) is 4. The Morgan fingerprint density at radius 3 is 2.03 bits per heavy atom. The third kappa shape index (κ3) is 6.41. The highest BCUT2D eigenvalue weighted by molar-refractivity contribution is 5.96. The second kappa shape index (κ2) is 10.2. The van der Waals surface area contributed by atoms with Crippen molar-refractivity contribution in [2.75, 3.05) is 30.3 Å². The van der Waals surface area contributed by atoms with E-state index < -0.39 is 6.04 Å². The second-order valence-corrected chi connectivity index (χ2v) is 7.69. The highest BCUT2D eigenvalue weighted by Gasteiger charge is 2.16. The molecule has 2 amide bonds. The fourth-order valence-electron chi connectivity index (χ4n) is 3.48. The first kappa shape index (κ1) is 21.0. The van der Waals surface area contributed by atoms with Crippen molar-refractivity contribution in [3.8, 4) is 0 Å². The molecule has 2 aromatic rings. The van der Waals surface area contributed by atoms with Crippen LogP contribution in [0, 0.1) is 6.92 Å². The van der Waals surface area contributed by atoms with Crippen molar-refractivity contribution in [1.82, 2.24) is 4.90 Å². The van der Waals surface area contributed by atoms with Crippen molar-refractivity contribution < 1.29 is 9.59 Å². The van der Waals surface area contributed by atoms with Crippen LogP contribution in [0.4, 0.5) is 11.4 Å². The zero-order chi connectivity index (χ0) is 20.6. The number of nitrogens with zero attached hydrogens (tertiary/aromatic N) is 1.